The third kappa shape index (κ3) is 5.49. The fraction of sp³-hybridized carbons (Fsp3) is 0.250. The first-order chi connectivity index (χ1) is 6.07. The smallest absolute Gasteiger partial charge is 0.352 e. The van der Waals surface area contributed by atoms with Gasteiger partial charge in [0.2, 0.25) is 0 Å². The number of aliphatic carboxylic acids is 1. The maximum atomic E-state index is 10.0. The number of hydrogen-bond donors (Lipinski definition) is 3. The van der Waals surface area contributed by atoms with E-state index in [2.05, 4.69) is 4.98 Å². The summed E-state index contributed by atoms with van der Waals surface area (Å²) in [5, 5.41) is 16.0. The molecule has 1 aromatic heterocycles. The van der Waals surface area contributed by atoms with Crippen molar-refractivity contribution in [1.82, 2.24) is 4.98 Å². The number of aromatic amines is 1. The van der Waals surface area contributed by atoms with E-state index in [9.17, 15) is 9.59 Å². The maximum Gasteiger partial charge on any atom is 0.352 e. The summed E-state index contributed by atoms with van der Waals surface area (Å²) in [6, 6.07) is 3.14. The van der Waals surface area contributed by atoms with Crippen LogP contribution in [0.5, 0.6) is 0 Å². The van der Waals surface area contributed by atoms with Crippen LogP contribution in [-0.2, 0) is 4.79 Å². The summed E-state index contributed by atoms with van der Waals surface area (Å²) in [6.45, 7) is 1.60. The van der Waals surface area contributed by atoms with Crippen LogP contribution in [0.25, 0.3) is 0 Å². The van der Waals surface area contributed by atoms with Crippen molar-refractivity contribution in [3.63, 3.8) is 0 Å². The second-order valence-corrected chi connectivity index (χ2v) is 2.14. The van der Waals surface area contributed by atoms with Crippen LogP contribution in [0, 0.1) is 0 Å². The van der Waals surface area contributed by atoms with Crippen LogP contribution >= 0.6 is 0 Å². The van der Waals surface area contributed by atoms with E-state index < -0.39 is 11.9 Å². The van der Waals surface area contributed by atoms with E-state index in [1.807, 2.05) is 0 Å². The zero-order valence-electron chi connectivity index (χ0n) is 7.15. The number of hydrogen-bond acceptors (Lipinski definition) is 2. The van der Waals surface area contributed by atoms with Gasteiger partial charge in [-0.25, -0.2) is 4.79 Å². The van der Waals surface area contributed by atoms with E-state index in [1.165, 1.54) is 6.07 Å². The Morgan fingerprint density at radius 3 is 2.15 bits per heavy atom. The molecule has 3 N–H and O–H groups in total. The molecule has 5 heteroatoms. The molecule has 5 nitrogen and oxygen atoms in total. The zero-order valence-corrected chi connectivity index (χ0v) is 7.15. The first-order valence-electron chi connectivity index (χ1n) is 3.66. The molecule has 0 aliphatic rings. The molecule has 0 bridgehead atoms. The van der Waals surface area contributed by atoms with Gasteiger partial charge < -0.3 is 15.2 Å². The molecule has 1 aromatic rings. The topological polar surface area (TPSA) is 90.4 Å². The van der Waals surface area contributed by atoms with E-state index in [1.54, 1.807) is 19.2 Å². The Bertz CT molecular complexity index is 266. The van der Waals surface area contributed by atoms with Crippen LogP contribution < -0.4 is 0 Å². The quantitative estimate of drug-likeness (QED) is 0.645. The van der Waals surface area contributed by atoms with Gasteiger partial charge in [-0.05, 0) is 12.1 Å². The Kier molecular flexibility index (Phi) is 5.02. The van der Waals surface area contributed by atoms with Crippen molar-refractivity contribution in [2.45, 2.75) is 13.3 Å². The Morgan fingerprint density at radius 1 is 1.46 bits per heavy atom. The van der Waals surface area contributed by atoms with Crippen molar-refractivity contribution >= 4 is 11.9 Å². The molecule has 1 rings (SSSR count). The molecule has 1 heterocycles. The van der Waals surface area contributed by atoms with Crippen LogP contribution in [0.2, 0.25) is 0 Å². The zero-order chi connectivity index (χ0) is 10.3. The van der Waals surface area contributed by atoms with Crippen LogP contribution in [0.1, 0.15) is 23.8 Å². The molecule has 0 aliphatic heterocycles. The van der Waals surface area contributed by atoms with Crippen LogP contribution in [0.3, 0.4) is 0 Å². The van der Waals surface area contributed by atoms with Gasteiger partial charge in [0.25, 0.3) is 0 Å². The van der Waals surface area contributed by atoms with E-state index in [4.69, 9.17) is 10.2 Å². The number of nitrogens with one attached hydrogen (secondary N) is 1. The Balaban J connectivity index is 0.000000252. The average Bonchev–Trinajstić information content (AvgIpc) is 2.57. The molecule has 0 fully saturated rings. The Hall–Kier alpha value is -1.78. The molecule has 0 saturated heterocycles. The molecule has 0 atom stereocenters. The first kappa shape index (κ1) is 11.2. The van der Waals surface area contributed by atoms with Crippen LogP contribution in [0.4, 0.5) is 0 Å². The van der Waals surface area contributed by atoms with E-state index in [-0.39, 0.29) is 12.1 Å². The van der Waals surface area contributed by atoms with Crippen molar-refractivity contribution in [2.24, 2.45) is 0 Å². The van der Waals surface area contributed by atoms with E-state index in [0.29, 0.717) is 0 Å². The second-order valence-electron chi connectivity index (χ2n) is 2.14. The molecule has 0 saturated carbocycles. The predicted octanol–water partition coefficient (Wildman–Crippen LogP) is 1.19. The van der Waals surface area contributed by atoms with Crippen LogP contribution in [-0.4, -0.2) is 27.1 Å². The minimum Gasteiger partial charge on any atom is -0.481 e. The van der Waals surface area contributed by atoms with Crippen LogP contribution in [0.15, 0.2) is 18.3 Å². The number of carboxylic acids is 2. The normalized spacial score (nSPS) is 8.38. The lowest BCUT2D eigenvalue weighted by Gasteiger charge is -1.80. The lowest BCUT2D eigenvalue weighted by atomic mass is 10.4. The largest absolute Gasteiger partial charge is 0.481 e. The molecular weight excluding hydrogens is 174 g/mol. The van der Waals surface area contributed by atoms with Gasteiger partial charge in [-0.1, -0.05) is 6.92 Å². The number of aromatic nitrogens is 1. The summed E-state index contributed by atoms with van der Waals surface area (Å²) in [7, 11) is 0. The summed E-state index contributed by atoms with van der Waals surface area (Å²) >= 11 is 0. The van der Waals surface area contributed by atoms with Gasteiger partial charge >= 0.3 is 11.9 Å². The Morgan fingerprint density at radius 2 is 2.00 bits per heavy atom. The monoisotopic (exact) mass is 185 g/mol. The van der Waals surface area contributed by atoms with E-state index >= 15 is 0 Å². The van der Waals surface area contributed by atoms with Crippen molar-refractivity contribution in [3.8, 4) is 0 Å². The molecule has 0 amide bonds. The summed E-state index contributed by atoms with van der Waals surface area (Å²) in [6.07, 6.45) is 1.80. The molecule has 0 aromatic carbocycles. The third-order valence-electron chi connectivity index (χ3n) is 1.13. The van der Waals surface area contributed by atoms with Gasteiger partial charge in [-0.3, -0.25) is 4.79 Å². The number of carboxylic acid groups (broad SMARTS) is 2. The molecule has 0 aliphatic carbocycles. The molecule has 13 heavy (non-hydrogen) atoms. The highest BCUT2D eigenvalue weighted by Gasteiger charge is 1.98. The first-order valence-corrected chi connectivity index (χ1v) is 3.66. The van der Waals surface area contributed by atoms with Gasteiger partial charge in [-0.15, -0.1) is 0 Å². The SMILES string of the molecule is CCC(=O)O.O=C(O)c1ccc[nH]1. The number of rotatable bonds is 2. The lowest BCUT2D eigenvalue weighted by molar-refractivity contribution is -0.136. The van der Waals surface area contributed by atoms with Gasteiger partial charge in [-0.2, -0.15) is 0 Å². The van der Waals surface area contributed by atoms with E-state index in [0.717, 1.165) is 0 Å². The molecule has 0 unspecified atom stereocenters. The molecule has 0 radical (unpaired) electrons. The highest BCUT2D eigenvalue weighted by atomic mass is 16.4. The number of carbonyl (C=O) groups is 2. The summed E-state index contributed by atoms with van der Waals surface area (Å²) < 4.78 is 0. The van der Waals surface area contributed by atoms with Gasteiger partial charge in [0.05, 0.1) is 0 Å². The fourth-order valence-corrected chi connectivity index (χ4v) is 0.463. The minimum absolute atomic E-state index is 0.222. The summed E-state index contributed by atoms with van der Waals surface area (Å²) in [5.41, 5.74) is 0.227. The number of aromatic carboxylic acids is 1. The summed E-state index contributed by atoms with van der Waals surface area (Å²) in [5.74, 6) is -1.67. The molecule has 0 spiro atoms. The molecule has 72 valence electrons. The van der Waals surface area contributed by atoms with Gasteiger partial charge in [0.15, 0.2) is 0 Å². The fourth-order valence-electron chi connectivity index (χ4n) is 0.463. The third-order valence-corrected chi connectivity index (χ3v) is 1.13. The lowest BCUT2D eigenvalue weighted by Crippen LogP contribution is -1.94. The highest BCUT2D eigenvalue weighted by Crippen LogP contribution is 1.91. The Labute approximate surface area is 75.0 Å². The minimum atomic E-state index is -0.921. The van der Waals surface area contributed by atoms with Gasteiger partial charge in [0.1, 0.15) is 5.69 Å². The summed E-state index contributed by atoms with van der Waals surface area (Å²) in [4.78, 5) is 21.9. The van der Waals surface area contributed by atoms with Crippen molar-refractivity contribution < 1.29 is 19.8 Å². The van der Waals surface area contributed by atoms with Crippen molar-refractivity contribution in [3.05, 3.63) is 24.0 Å². The van der Waals surface area contributed by atoms with Crippen molar-refractivity contribution in [2.75, 3.05) is 0 Å². The predicted molar refractivity (Wildman–Crippen MR) is 45.7 cm³/mol. The molecular formula is C8H11NO4. The highest BCUT2D eigenvalue weighted by molar-refractivity contribution is 5.85. The second kappa shape index (κ2) is 5.82. The standard InChI is InChI=1S/C5H5NO2.C3H6O2/c7-5(8)4-2-1-3-6-4;1-2-3(4)5/h1-3,6H,(H,7,8);2H2,1H3,(H,4,5). The van der Waals surface area contributed by atoms with Crippen molar-refractivity contribution in [1.29, 1.82) is 0 Å². The maximum absolute atomic E-state index is 10.0. The van der Waals surface area contributed by atoms with Gasteiger partial charge in [0, 0.05) is 12.6 Å². The number of H-pyrrole nitrogens is 1. The average molecular weight is 185 g/mol.